The molecule has 3 nitrogen and oxygen atoms in total. The van der Waals surface area contributed by atoms with E-state index in [9.17, 15) is 4.39 Å². The van der Waals surface area contributed by atoms with Crippen LogP contribution in [0, 0.1) is 18.7 Å². The summed E-state index contributed by atoms with van der Waals surface area (Å²) in [5.41, 5.74) is 3.60. The van der Waals surface area contributed by atoms with Gasteiger partial charge < -0.3 is 5.32 Å². The van der Waals surface area contributed by atoms with Gasteiger partial charge in [-0.2, -0.15) is 0 Å². The zero-order valence-electron chi connectivity index (χ0n) is 23.1. The molecule has 3 aromatic rings. The molecule has 0 aliphatic heterocycles. The first-order chi connectivity index (χ1) is 17.9. The summed E-state index contributed by atoms with van der Waals surface area (Å²) >= 11 is 1.56. The quantitative estimate of drug-likeness (QED) is 0.242. The Balaban J connectivity index is 0.000000458. The summed E-state index contributed by atoms with van der Waals surface area (Å²) in [6, 6.07) is 16.5. The minimum absolute atomic E-state index is 0.266. The maximum absolute atomic E-state index is 13.3. The van der Waals surface area contributed by atoms with Gasteiger partial charge in [-0.3, -0.25) is 0 Å². The summed E-state index contributed by atoms with van der Waals surface area (Å²) in [5.74, 6) is 1.28. The molecule has 0 amide bonds. The van der Waals surface area contributed by atoms with Crippen molar-refractivity contribution in [3.63, 3.8) is 0 Å². The second-order valence-electron chi connectivity index (χ2n) is 9.24. The van der Waals surface area contributed by atoms with E-state index in [4.69, 9.17) is 0 Å². The molecule has 1 N–H and O–H groups in total. The fraction of sp³-hybridized carbons (Fsp3) is 0.375. The maximum Gasteiger partial charge on any atom is 0.123 e. The van der Waals surface area contributed by atoms with Crippen LogP contribution in [0.4, 0.5) is 4.39 Å². The molecule has 0 fully saturated rings. The average molecular weight is 520 g/mol. The Morgan fingerprint density at radius 1 is 1.08 bits per heavy atom. The number of allylic oxidation sites excluding steroid dienone is 2. The first kappa shape index (κ1) is 30.2. The van der Waals surface area contributed by atoms with Gasteiger partial charge in [0.2, 0.25) is 0 Å². The Kier molecular flexibility index (Phi) is 13.6. The number of nitrogens with one attached hydrogen (secondary N) is 1. The topological polar surface area (TPSA) is 37.3 Å². The number of aromatic nitrogens is 1. The number of halogens is 1. The molecular weight excluding hydrogens is 477 g/mol. The molecule has 0 bridgehead atoms. The van der Waals surface area contributed by atoms with E-state index in [0.29, 0.717) is 12.4 Å². The lowest BCUT2D eigenvalue weighted by Crippen LogP contribution is -2.12. The molecule has 0 aliphatic rings. The molecule has 37 heavy (non-hydrogen) atoms. The summed E-state index contributed by atoms with van der Waals surface area (Å²) in [6.07, 6.45) is 10.9. The van der Waals surface area contributed by atoms with E-state index in [1.54, 1.807) is 23.5 Å². The number of unbranched alkanes of at least 4 members (excludes halogenated alkanes) is 1. The molecule has 0 saturated carbocycles. The van der Waals surface area contributed by atoms with Gasteiger partial charge in [-0.15, -0.1) is 11.3 Å². The molecule has 0 spiro atoms. The molecular formula is C32H42FN3S. The minimum Gasteiger partial charge on any atom is -0.366 e. The predicted octanol–water partition coefficient (Wildman–Crippen LogP) is 9.50. The smallest absolute Gasteiger partial charge is 0.123 e. The third kappa shape index (κ3) is 10.8. The van der Waals surface area contributed by atoms with Crippen molar-refractivity contribution in [2.45, 2.75) is 73.3 Å². The Morgan fingerprint density at radius 3 is 2.41 bits per heavy atom. The lowest BCUT2D eigenvalue weighted by Gasteiger charge is -2.08. The van der Waals surface area contributed by atoms with Crippen LogP contribution in [0.1, 0.15) is 75.2 Å². The SMILES string of the molecule is C=C(/N=C(\C=C/C)c1sc(C)nc1-c1ccc(F)cc1)NCc1ccccc1.CCCCC(C)CCC. The standard InChI is InChI=1S/C23H22FN3S.C9H20/c1-4-8-21(26-16(2)25-15-18-9-6-5-7-10-18)23-22(27-17(3)28-23)19-11-13-20(24)14-12-19;1-4-6-8-9(3)7-5-2/h4-14,25H,2,15H2,1,3H3;9H,4-8H2,1-3H3/b8-4-,26-21+;. The largest absolute Gasteiger partial charge is 0.366 e. The Morgan fingerprint density at radius 2 is 1.78 bits per heavy atom. The van der Waals surface area contributed by atoms with Crippen LogP contribution in [0.5, 0.6) is 0 Å². The van der Waals surface area contributed by atoms with E-state index in [0.717, 1.165) is 38.3 Å². The van der Waals surface area contributed by atoms with Crippen molar-refractivity contribution in [2.75, 3.05) is 0 Å². The fourth-order valence-electron chi connectivity index (χ4n) is 3.90. The van der Waals surface area contributed by atoms with Gasteiger partial charge in [0.05, 0.1) is 21.3 Å². The van der Waals surface area contributed by atoms with Gasteiger partial charge in [0.1, 0.15) is 11.6 Å². The van der Waals surface area contributed by atoms with E-state index >= 15 is 0 Å². The first-order valence-corrected chi connectivity index (χ1v) is 14.1. The highest BCUT2D eigenvalue weighted by molar-refractivity contribution is 7.14. The van der Waals surface area contributed by atoms with Crippen LogP contribution < -0.4 is 5.32 Å². The summed E-state index contributed by atoms with van der Waals surface area (Å²) in [4.78, 5) is 10.3. The van der Waals surface area contributed by atoms with Crippen molar-refractivity contribution < 1.29 is 4.39 Å². The van der Waals surface area contributed by atoms with Gasteiger partial charge in [-0.1, -0.05) is 95.9 Å². The summed E-state index contributed by atoms with van der Waals surface area (Å²) in [7, 11) is 0. The van der Waals surface area contributed by atoms with E-state index < -0.39 is 0 Å². The van der Waals surface area contributed by atoms with Gasteiger partial charge in [-0.05, 0) is 55.7 Å². The molecule has 3 rings (SSSR count). The monoisotopic (exact) mass is 519 g/mol. The zero-order chi connectivity index (χ0) is 27.0. The molecule has 0 saturated heterocycles. The van der Waals surface area contributed by atoms with E-state index in [1.165, 1.54) is 44.2 Å². The summed E-state index contributed by atoms with van der Waals surface area (Å²) < 4.78 is 13.3. The number of hydrogen-bond acceptors (Lipinski definition) is 4. The fourth-order valence-corrected chi connectivity index (χ4v) is 4.81. The number of aryl methyl sites for hydroxylation is 1. The molecule has 0 radical (unpaired) electrons. The van der Waals surface area contributed by atoms with Crippen molar-refractivity contribution in [1.29, 1.82) is 0 Å². The number of nitrogens with zero attached hydrogens (tertiary/aromatic N) is 2. The number of benzene rings is 2. The second kappa shape index (κ2) is 16.6. The van der Waals surface area contributed by atoms with Crippen molar-refractivity contribution in [3.8, 4) is 11.3 Å². The lowest BCUT2D eigenvalue weighted by atomic mass is 10.00. The van der Waals surface area contributed by atoms with Gasteiger partial charge in [0.25, 0.3) is 0 Å². The van der Waals surface area contributed by atoms with Crippen molar-refractivity contribution >= 4 is 17.0 Å². The van der Waals surface area contributed by atoms with Crippen LogP contribution >= 0.6 is 11.3 Å². The molecule has 1 atom stereocenters. The highest BCUT2D eigenvalue weighted by Crippen LogP contribution is 2.29. The Labute approximate surface area is 227 Å². The molecule has 1 aromatic heterocycles. The highest BCUT2D eigenvalue weighted by atomic mass is 32.1. The first-order valence-electron chi connectivity index (χ1n) is 13.3. The van der Waals surface area contributed by atoms with Crippen LogP contribution in [0.3, 0.4) is 0 Å². The molecule has 0 aliphatic carbocycles. The number of aliphatic imine (C=N–C) groups is 1. The molecule has 5 heteroatoms. The van der Waals surface area contributed by atoms with Crippen molar-refractivity contribution in [1.82, 2.24) is 10.3 Å². The Hall–Kier alpha value is -3.05. The van der Waals surface area contributed by atoms with Crippen LogP contribution in [-0.4, -0.2) is 10.7 Å². The van der Waals surface area contributed by atoms with Crippen molar-refractivity contribution in [3.05, 3.63) is 100 Å². The predicted molar refractivity (Wildman–Crippen MR) is 160 cm³/mol. The van der Waals surface area contributed by atoms with Gasteiger partial charge in [-0.25, -0.2) is 14.4 Å². The van der Waals surface area contributed by atoms with E-state index in [-0.39, 0.29) is 5.82 Å². The van der Waals surface area contributed by atoms with Crippen molar-refractivity contribution in [2.24, 2.45) is 10.9 Å². The minimum atomic E-state index is -0.266. The number of rotatable bonds is 12. The molecule has 1 unspecified atom stereocenters. The zero-order valence-corrected chi connectivity index (χ0v) is 23.9. The molecule has 198 valence electrons. The maximum atomic E-state index is 13.3. The Bertz CT molecular complexity index is 1130. The van der Waals surface area contributed by atoms with Crippen LogP contribution in [0.15, 0.2) is 84.1 Å². The number of hydrogen-bond donors (Lipinski definition) is 1. The van der Waals surface area contributed by atoms with Gasteiger partial charge >= 0.3 is 0 Å². The average Bonchev–Trinajstić information content (AvgIpc) is 3.29. The molecule has 2 aromatic carbocycles. The summed E-state index contributed by atoms with van der Waals surface area (Å²) in [5, 5.41) is 4.18. The summed E-state index contributed by atoms with van der Waals surface area (Å²) in [6.45, 7) is 15.5. The number of thiazole rings is 1. The van der Waals surface area contributed by atoms with Gasteiger partial charge in [0, 0.05) is 12.1 Å². The highest BCUT2D eigenvalue weighted by Gasteiger charge is 2.15. The lowest BCUT2D eigenvalue weighted by molar-refractivity contribution is 0.466. The van der Waals surface area contributed by atoms with Crippen LogP contribution in [0.2, 0.25) is 0 Å². The van der Waals surface area contributed by atoms with E-state index in [2.05, 4.69) is 54.8 Å². The third-order valence-electron chi connectivity index (χ3n) is 5.84. The van der Waals surface area contributed by atoms with Crippen LogP contribution in [-0.2, 0) is 6.54 Å². The normalized spacial score (nSPS) is 12.2. The third-order valence-corrected chi connectivity index (χ3v) is 6.83. The van der Waals surface area contributed by atoms with E-state index in [1.807, 2.05) is 44.2 Å². The molecule has 1 heterocycles. The van der Waals surface area contributed by atoms with Crippen LogP contribution in [0.25, 0.3) is 11.3 Å². The second-order valence-corrected chi connectivity index (χ2v) is 10.4. The van der Waals surface area contributed by atoms with Gasteiger partial charge in [0.15, 0.2) is 0 Å².